The molecule has 0 heterocycles. The Morgan fingerprint density at radius 1 is 1.35 bits per heavy atom. The molecule has 0 amide bonds. The lowest BCUT2D eigenvalue weighted by Gasteiger charge is -2.40. The van der Waals surface area contributed by atoms with Crippen LogP contribution in [0.4, 0.5) is 0 Å². The summed E-state index contributed by atoms with van der Waals surface area (Å²) in [6.45, 7) is 0. The van der Waals surface area contributed by atoms with Crippen molar-refractivity contribution in [3.63, 3.8) is 0 Å². The van der Waals surface area contributed by atoms with Crippen LogP contribution in [0, 0.1) is 0 Å². The van der Waals surface area contributed by atoms with Crippen molar-refractivity contribution in [1.82, 2.24) is 4.72 Å². The van der Waals surface area contributed by atoms with Gasteiger partial charge in [0.05, 0.1) is 18.4 Å². The molecule has 0 aromatic heterocycles. The van der Waals surface area contributed by atoms with Crippen molar-refractivity contribution in [2.24, 2.45) is 0 Å². The molecule has 2 N–H and O–H groups in total. The molecule has 1 aliphatic carbocycles. The third-order valence-corrected chi connectivity index (χ3v) is 5.12. The van der Waals surface area contributed by atoms with E-state index in [1.54, 1.807) is 12.1 Å². The Balaban J connectivity index is 2.19. The monoisotopic (exact) mass is 299 g/mol. The van der Waals surface area contributed by atoms with Crippen LogP contribution >= 0.6 is 0 Å². The molecule has 0 saturated heterocycles. The van der Waals surface area contributed by atoms with Gasteiger partial charge < -0.3 is 9.84 Å². The smallest absolute Gasteiger partial charge is 0.305 e. The fraction of sp³-hybridized carbons (Fsp3) is 0.462. The van der Waals surface area contributed by atoms with Gasteiger partial charge in [0.15, 0.2) is 0 Å². The zero-order valence-electron chi connectivity index (χ0n) is 11.1. The minimum Gasteiger partial charge on any atom is -0.497 e. The van der Waals surface area contributed by atoms with Gasteiger partial charge in [-0.05, 0) is 43.5 Å². The third kappa shape index (κ3) is 3.10. The van der Waals surface area contributed by atoms with E-state index in [2.05, 4.69) is 4.72 Å². The maximum absolute atomic E-state index is 12.3. The van der Waals surface area contributed by atoms with E-state index in [-0.39, 0.29) is 11.3 Å². The highest BCUT2D eigenvalue weighted by Crippen LogP contribution is 2.36. The number of nitrogens with one attached hydrogen (secondary N) is 1. The Bertz CT molecular complexity index is 590. The fourth-order valence-electron chi connectivity index (χ4n) is 2.31. The normalized spacial score (nSPS) is 17.2. The summed E-state index contributed by atoms with van der Waals surface area (Å²) in [7, 11) is -2.22. The summed E-state index contributed by atoms with van der Waals surface area (Å²) in [5, 5.41) is 8.90. The van der Waals surface area contributed by atoms with Crippen molar-refractivity contribution in [2.75, 3.05) is 7.11 Å². The number of carboxylic acid groups (broad SMARTS) is 1. The Morgan fingerprint density at radius 2 is 1.95 bits per heavy atom. The van der Waals surface area contributed by atoms with Crippen LogP contribution < -0.4 is 9.46 Å². The zero-order chi connectivity index (χ0) is 14.8. The Morgan fingerprint density at radius 3 is 2.35 bits per heavy atom. The molecule has 0 spiro atoms. The van der Waals surface area contributed by atoms with E-state index in [4.69, 9.17) is 9.84 Å². The Hall–Kier alpha value is -1.60. The molecule has 0 unspecified atom stereocenters. The number of rotatable bonds is 6. The molecular weight excluding hydrogens is 282 g/mol. The zero-order valence-corrected chi connectivity index (χ0v) is 11.9. The van der Waals surface area contributed by atoms with Crippen LogP contribution in [0.25, 0.3) is 0 Å². The summed E-state index contributed by atoms with van der Waals surface area (Å²) in [6, 6.07) is 5.99. The van der Waals surface area contributed by atoms with Gasteiger partial charge in [0.25, 0.3) is 0 Å². The van der Waals surface area contributed by atoms with Gasteiger partial charge in [0, 0.05) is 5.54 Å². The maximum atomic E-state index is 12.3. The highest BCUT2D eigenvalue weighted by molar-refractivity contribution is 7.89. The first-order valence-electron chi connectivity index (χ1n) is 6.27. The fourth-order valence-corrected chi connectivity index (χ4v) is 3.77. The molecule has 0 bridgehead atoms. The van der Waals surface area contributed by atoms with Gasteiger partial charge in [0.1, 0.15) is 5.75 Å². The van der Waals surface area contributed by atoms with E-state index in [1.165, 1.54) is 19.2 Å². The highest BCUT2D eigenvalue weighted by atomic mass is 32.2. The average Bonchev–Trinajstić information content (AvgIpc) is 2.35. The number of ether oxygens (including phenoxy) is 1. The minimum absolute atomic E-state index is 0.106. The molecule has 0 aliphatic heterocycles. The van der Waals surface area contributed by atoms with Gasteiger partial charge in [-0.1, -0.05) is 0 Å². The largest absolute Gasteiger partial charge is 0.497 e. The van der Waals surface area contributed by atoms with Crippen molar-refractivity contribution in [1.29, 1.82) is 0 Å². The molecule has 1 aromatic carbocycles. The molecule has 6 nitrogen and oxygen atoms in total. The van der Waals surface area contributed by atoms with Gasteiger partial charge in [-0.3, -0.25) is 4.79 Å². The molecule has 0 atom stereocenters. The molecule has 20 heavy (non-hydrogen) atoms. The van der Waals surface area contributed by atoms with E-state index >= 15 is 0 Å². The van der Waals surface area contributed by atoms with Crippen LogP contribution in [-0.2, 0) is 14.8 Å². The number of hydrogen-bond acceptors (Lipinski definition) is 4. The van der Waals surface area contributed by atoms with Crippen molar-refractivity contribution >= 4 is 16.0 Å². The minimum atomic E-state index is -3.72. The van der Waals surface area contributed by atoms with Crippen LogP contribution in [0.1, 0.15) is 25.7 Å². The van der Waals surface area contributed by atoms with Crippen LogP contribution in [0.15, 0.2) is 29.2 Å². The summed E-state index contributed by atoms with van der Waals surface area (Å²) in [5.41, 5.74) is -0.843. The third-order valence-electron chi connectivity index (χ3n) is 3.52. The molecule has 1 saturated carbocycles. The molecule has 0 radical (unpaired) electrons. The van der Waals surface area contributed by atoms with E-state index in [0.29, 0.717) is 18.6 Å². The van der Waals surface area contributed by atoms with E-state index in [9.17, 15) is 13.2 Å². The lowest BCUT2D eigenvalue weighted by Crippen LogP contribution is -2.54. The van der Waals surface area contributed by atoms with Gasteiger partial charge in [-0.2, -0.15) is 0 Å². The van der Waals surface area contributed by atoms with Gasteiger partial charge >= 0.3 is 5.97 Å². The summed E-state index contributed by atoms with van der Waals surface area (Å²) in [6.07, 6.45) is 1.74. The molecule has 1 aliphatic rings. The van der Waals surface area contributed by atoms with Crippen LogP contribution in [-0.4, -0.2) is 32.1 Å². The predicted molar refractivity (Wildman–Crippen MR) is 72.2 cm³/mol. The Labute approximate surface area is 117 Å². The molecule has 7 heteroatoms. The van der Waals surface area contributed by atoms with Gasteiger partial charge in [0.2, 0.25) is 10.0 Å². The topological polar surface area (TPSA) is 92.7 Å². The summed E-state index contributed by atoms with van der Waals surface area (Å²) < 4.78 is 32.1. The van der Waals surface area contributed by atoms with E-state index in [1.807, 2.05) is 0 Å². The first-order valence-corrected chi connectivity index (χ1v) is 7.75. The molecule has 1 fully saturated rings. The lowest BCUT2D eigenvalue weighted by molar-refractivity contribution is -0.139. The quantitative estimate of drug-likeness (QED) is 0.827. The average molecular weight is 299 g/mol. The molecule has 1 aromatic rings. The second kappa shape index (κ2) is 5.41. The van der Waals surface area contributed by atoms with Crippen molar-refractivity contribution < 1.29 is 23.1 Å². The molecular formula is C13H17NO5S. The number of benzene rings is 1. The Kier molecular flexibility index (Phi) is 4.01. The molecule has 2 rings (SSSR count). The van der Waals surface area contributed by atoms with Crippen LogP contribution in [0.5, 0.6) is 5.75 Å². The summed E-state index contributed by atoms with van der Waals surface area (Å²) >= 11 is 0. The second-order valence-corrected chi connectivity index (χ2v) is 6.67. The van der Waals surface area contributed by atoms with Crippen molar-refractivity contribution in [2.45, 2.75) is 36.1 Å². The summed E-state index contributed by atoms with van der Waals surface area (Å²) in [5.74, 6) is -0.435. The van der Waals surface area contributed by atoms with Crippen LogP contribution in [0.3, 0.4) is 0 Å². The maximum Gasteiger partial charge on any atom is 0.305 e. The number of carboxylic acids is 1. The number of carbonyl (C=O) groups is 1. The molecule has 110 valence electrons. The van der Waals surface area contributed by atoms with Gasteiger partial charge in [-0.15, -0.1) is 0 Å². The first kappa shape index (κ1) is 14.8. The first-order chi connectivity index (χ1) is 9.37. The summed E-state index contributed by atoms with van der Waals surface area (Å²) in [4.78, 5) is 11.0. The SMILES string of the molecule is COc1ccc(S(=O)(=O)NC2(CC(=O)O)CCC2)cc1. The second-order valence-electron chi connectivity index (χ2n) is 4.99. The predicted octanol–water partition coefficient (Wildman–Crippen LogP) is 1.37. The number of hydrogen-bond donors (Lipinski definition) is 2. The number of sulfonamides is 1. The van der Waals surface area contributed by atoms with Crippen LogP contribution in [0.2, 0.25) is 0 Å². The standard InChI is InChI=1S/C13H17NO5S/c1-19-10-3-5-11(6-4-10)20(17,18)14-13(7-2-8-13)9-12(15)16/h3-6,14H,2,7-9H2,1H3,(H,15,16). The number of aliphatic carboxylic acids is 1. The van der Waals surface area contributed by atoms with Crippen molar-refractivity contribution in [3.8, 4) is 5.75 Å². The van der Waals surface area contributed by atoms with Crippen molar-refractivity contribution in [3.05, 3.63) is 24.3 Å². The lowest BCUT2D eigenvalue weighted by atomic mass is 9.75. The van der Waals surface area contributed by atoms with Gasteiger partial charge in [-0.25, -0.2) is 13.1 Å². The number of methoxy groups -OCH3 is 1. The van der Waals surface area contributed by atoms with E-state index < -0.39 is 21.5 Å². The van der Waals surface area contributed by atoms with E-state index in [0.717, 1.165) is 6.42 Å². The highest BCUT2D eigenvalue weighted by Gasteiger charge is 2.42.